The van der Waals surface area contributed by atoms with Gasteiger partial charge in [-0.05, 0) is 59.6 Å². The van der Waals surface area contributed by atoms with Gasteiger partial charge in [0.05, 0.1) is 13.7 Å². The third kappa shape index (κ3) is 3.83. The topological polar surface area (TPSA) is 52.6 Å². The first-order chi connectivity index (χ1) is 13.2. The average Bonchev–Trinajstić information content (AvgIpc) is 2.65. The van der Waals surface area contributed by atoms with E-state index in [4.69, 9.17) is 4.74 Å². The lowest BCUT2D eigenvalue weighted by molar-refractivity contribution is -0.157. The second kappa shape index (κ2) is 7.88. The number of esters is 2. The molecule has 0 bridgehead atoms. The molecule has 2 aliphatic carbocycles. The highest BCUT2D eigenvalue weighted by Crippen LogP contribution is 2.57. The van der Waals surface area contributed by atoms with Crippen molar-refractivity contribution in [2.75, 3.05) is 13.7 Å². The number of methoxy groups -OCH3 is 1. The number of aryl methyl sites for hydroxylation is 1. The van der Waals surface area contributed by atoms with Gasteiger partial charge in [0.1, 0.15) is 6.42 Å². The molecular weight excluding hydrogens is 352 g/mol. The Morgan fingerprint density at radius 2 is 1.93 bits per heavy atom. The summed E-state index contributed by atoms with van der Waals surface area (Å²) in [5.41, 5.74) is 4.45. The molecule has 0 aromatic heterocycles. The van der Waals surface area contributed by atoms with Gasteiger partial charge in [-0.2, -0.15) is 0 Å². The summed E-state index contributed by atoms with van der Waals surface area (Å²) in [4.78, 5) is 23.3. The van der Waals surface area contributed by atoms with Gasteiger partial charge in [0, 0.05) is 5.41 Å². The standard InChI is InChI=1S/C24H34O4/c1-16(2)17-7-9-19-18(13-17)8-10-20-23(3,11-6-12-24(19,20)4)15-28-22(26)14-21(25)27-5/h7,9,13,16,20H,6,8,10-12,14-15H2,1-5H3. The van der Waals surface area contributed by atoms with Gasteiger partial charge in [-0.3, -0.25) is 9.59 Å². The summed E-state index contributed by atoms with van der Waals surface area (Å²) in [6.07, 6.45) is 5.26. The summed E-state index contributed by atoms with van der Waals surface area (Å²) in [5.74, 6) is -0.0203. The maximum atomic E-state index is 12.0. The number of carbonyl (C=O) groups is 2. The van der Waals surface area contributed by atoms with Gasteiger partial charge in [-0.15, -0.1) is 0 Å². The van der Waals surface area contributed by atoms with Crippen LogP contribution >= 0.6 is 0 Å². The second-order valence-corrected chi connectivity index (χ2v) is 9.50. The van der Waals surface area contributed by atoms with Gasteiger partial charge in [-0.25, -0.2) is 0 Å². The van der Waals surface area contributed by atoms with Gasteiger partial charge in [-0.1, -0.05) is 52.3 Å². The normalized spacial score (nSPS) is 29.0. The molecule has 1 aromatic carbocycles. The zero-order valence-electron chi connectivity index (χ0n) is 18.0. The molecule has 2 aliphatic rings. The Hall–Kier alpha value is -1.84. The molecule has 0 saturated heterocycles. The zero-order chi connectivity index (χ0) is 20.5. The molecule has 3 atom stereocenters. The molecule has 0 aliphatic heterocycles. The summed E-state index contributed by atoms with van der Waals surface area (Å²) >= 11 is 0. The predicted molar refractivity (Wildman–Crippen MR) is 109 cm³/mol. The monoisotopic (exact) mass is 386 g/mol. The maximum Gasteiger partial charge on any atom is 0.317 e. The first-order valence-corrected chi connectivity index (χ1v) is 10.6. The second-order valence-electron chi connectivity index (χ2n) is 9.50. The first-order valence-electron chi connectivity index (χ1n) is 10.6. The van der Waals surface area contributed by atoms with Crippen LogP contribution in [0, 0.1) is 11.3 Å². The van der Waals surface area contributed by atoms with E-state index in [0.717, 1.165) is 25.7 Å². The molecule has 0 amide bonds. The minimum absolute atomic E-state index is 0.0623. The quantitative estimate of drug-likeness (QED) is 0.532. The van der Waals surface area contributed by atoms with Gasteiger partial charge < -0.3 is 9.47 Å². The molecule has 4 nitrogen and oxygen atoms in total. The number of carbonyl (C=O) groups excluding carboxylic acids is 2. The lowest BCUT2D eigenvalue weighted by atomic mass is 9.50. The lowest BCUT2D eigenvalue weighted by Crippen LogP contribution is -2.51. The van der Waals surface area contributed by atoms with Crippen molar-refractivity contribution >= 4 is 11.9 Å². The van der Waals surface area contributed by atoms with Gasteiger partial charge in [0.15, 0.2) is 0 Å². The Morgan fingerprint density at radius 3 is 2.61 bits per heavy atom. The number of hydrogen-bond acceptors (Lipinski definition) is 4. The van der Waals surface area contributed by atoms with Crippen molar-refractivity contribution in [1.29, 1.82) is 0 Å². The highest BCUT2D eigenvalue weighted by Gasteiger charge is 2.52. The van der Waals surface area contributed by atoms with Crippen LogP contribution in [0.15, 0.2) is 18.2 Å². The van der Waals surface area contributed by atoms with Gasteiger partial charge in [0.25, 0.3) is 0 Å². The fourth-order valence-electron chi connectivity index (χ4n) is 5.66. The molecule has 0 radical (unpaired) electrons. The molecule has 3 unspecified atom stereocenters. The van der Waals surface area contributed by atoms with Crippen LogP contribution in [0.4, 0.5) is 0 Å². The summed E-state index contributed by atoms with van der Waals surface area (Å²) < 4.78 is 10.1. The van der Waals surface area contributed by atoms with Gasteiger partial charge >= 0.3 is 11.9 Å². The van der Waals surface area contributed by atoms with E-state index in [9.17, 15) is 9.59 Å². The summed E-state index contributed by atoms with van der Waals surface area (Å²) in [5, 5.41) is 0. The molecule has 154 valence electrons. The van der Waals surface area contributed by atoms with Crippen LogP contribution in [0.3, 0.4) is 0 Å². The highest BCUT2D eigenvalue weighted by molar-refractivity contribution is 5.91. The maximum absolute atomic E-state index is 12.0. The number of benzene rings is 1. The molecule has 1 fully saturated rings. The number of fused-ring (bicyclic) bond motifs is 3. The van der Waals surface area contributed by atoms with Crippen LogP contribution in [-0.2, 0) is 30.9 Å². The Labute approximate surface area is 169 Å². The molecule has 4 heteroatoms. The Bertz CT molecular complexity index is 753. The van der Waals surface area contributed by atoms with E-state index < -0.39 is 11.9 Å². The fraction of sp³-hybridized carbons (Fsp3) is 0.667. The van der Waals surface area contributed by atoms with Crippen LogP contribution in [0.25, 0.3) is 0 Å². The third-order valence-electron chi connectivity index (χ3n) is 7.25. The van der Waals surface area contributed by atoms with Crippen LogP contribution in [-0.4, -0.2) is 25.7 Å². The summed E-state index contributed by atoms with van der Waals surface area (Å²) in [6, 6.07) is 7.05. The third-order valence-corrected chi connectivity index (χ3v) is 7.25. The van der Waals surface area contributed by atoms with Crippen LogP contribution in [0.5, 0.6) is 0 Å². The number of rotatable bonds is 5. The van der Waals surface area contributed by atoms with Crippen molar-refractivity contribution in [3.05, 3.63) is 34.9 Å². The average molecular weight is 387 g/mol. The van der Waals surface area contributed by atoms with Crippen molar-refractivity contribution in [1.82, 2.24) is 0 Å². The molecule has 0 N–H and O–H groups in total. The van der Waals surface area contributed by atoms with Crippen molar-refractivity contribution < 1.29 is 19.1 Å². The lowest BCUT2D eigenvalue weighted by Gasteiger charge is -2.55. The van der Waals surface area contributed by atoms with E-state index in [0.29, 0.717) is 18.4 Å². The van der Waals surface area contributed by atoms with E-state index in [1.807, 2.05) is 0 Å². The minimum Gasteiger partial charge on any atom is -0.469 e. The zero-order valence-corrected chi connectivity index (χ0v) is 18.0. The highest BCUT2D eigenvalue weighted by atomic mass is 16.5. The van der Waals surface area contributed by atoms with Crippen LogP contribution in [0.2, 0.25) is 0 Å². The largest absolute Gasteiger partial charge is 0.469 e. The Balaban J connectivity index is 1.80. The molecule has 1 saturated carbocycles. The minimum atomic E-state index is -0.545. The van der Waals surface area contributed by atoms with Crippen molar-refractivity contribution in [2.45, 2.75) is 77.6 Å². The van der Waals surface area contributed by atoms with Crippen molar-refractivity contribution in [3.8, 4) is 0 Å². The SMILES string of the molecule is COC(=O)CC(=O)OCC1(C)CCCC2(C)c3ccc(C(C)C)cc3CCC12. The molecule has 0 spiro atoms. The van der Waals surface area contributed by atoms with Gasteiger partial charge in [0.2, 0.25) is 0 Å². The Morgan fingerprint density at radius 1 is 1.18 bits per heavy atom. The predicted octanol–water partition coefficient (Wildman–Crippen LogP) is 4.93. The smallest absolute Gasteiger partial charge is 0.317 e. The van der Waals surface area contributed by atoms with E-state index in [2.05, 4.69) is 50.6 Å². The summed E-state index contributed by atoms with van der Waals surface area (Å²) in [6.45, 7) is 9.53. The van der Waals surface area contributed by atoms with E-state index >= 15 is 0 Å². The number of hydrogen-bond donors (Lipinski definition) is 0. The summed E-state index contributed by atoms with van der Waals surface area (Å²) in [7, 11) is 1.29. The first kappa shape index (κ1) is 20.9. The number of ether oxygens (including phenoxy) is 2. The fourth-order valence-corrected chi connectivity index (χ4v) is 5.66. The molecule has 28 heavy (non-hydrogen) atoms. The van der Waals surface area contributed by atoms with E-state index in [1.54, 1.807) is 0 Å². The van der Waals surface area contributed by atoms with Crippen LogP contribution < -0.4 is 0 Å². The molecule has 1 aromatic rings. The molecular formula is C24H34O4. The van der Waals surface area contributed by atoms with Crippen molar-refractivity contribution in [2.24, 2.45) is 11.3 Å². The molecule has 0 heterocycles. The van der Waals surface area contributed by atoms with Crippen molar-refractivity contribution in [3.63, 3.8) is 0 Å². The molecule has 3 rings (SSSR count). The van der Waals surface area contributed by atoms with Crippen LogP contribution in [0.1, 0.15) is 82.4 Å². The Kier molecular flexibility index (Phi) is 5.88. The van der Waals surface area contributed by atoms with E-state index in [1.165, 1.54) is 30.2 Å². The van der Waals surface area contributed by atoms with E-state index in [-0.39, 0.29) is 17.3 Å².